The molecule has 0 aliphatic carbocycles. The predicted molar refractivity (Wildman–Crippen MR) is 180 cm³/mol. The van der Waals surface area contributed by atoms with E-state index in [4.69, 9.17) is 41.5 Å². The Bertz CT molecular complexity index is 2550. The van der Waals surface area contributed by atoms with Crippen LogP contribution in [0.25, 0.3) is 89.7 Å². The molecule has 0 radical (unpaired) electrons. The number of hydrogen-bond acceptors (Lipinski definition) is 7. The highest BCUT2D eigenvalue weighted by atomic mass is 35.5. The van der Waals surface area contributed by atoms with Crippen LogP contribution >= 0.6 is 11.6 Å². The molecule has 4 aromatic carbocycles. The molecule has 0 unspecified atom stereocenters. The van der Waals surface area contributed by atoms with Gasteiger partial charge in [0, 0.05) is 50.6 Å². The number of rotatable bonds is 3. The van der Waals surface area contributed by atoms with Gasteiger partial charge in [-0.1, -0.05) is 90.5 Å². The highest BCUT2D eigenvalue weighted by Gasteiger charge is 2.23. The number of anilines is 1. The average molecular weight is 604 g/mol. The smallest absolute Gasteiger partial charge is 0.164 e. The molecule has 0 spiro atoms. The molecule has 0 fully saturated rings. The van der Waals surface area contributed by atoms with Crippen LogP contribution in [0, 0.1) is 0 Å². The molecule has 3 N–H and O–H groups in total. The van der Waals surface area contributed by atoms with Gasteiger partial charge < -0.3 is 15.3 Å². The summed E-state index contributed by atoms with van der Waals surface area (Å²) >= 11 is 6.89. The third-order valence-electron chi connectivity index (χ3n) is 8.09. The fourth-order valence-corrected chi connectivity index (χ4v) is 6.31. The molecule has 5 heterocycles. The van der Waals surface area contributed by atoms with Crippen LogP contribution in [0.1, 0.15) is 0 Å². The van der Waals surface area contributed by atoms with Crippen molar-refractivity contribution in [3.05, 3.63) is 103 Å². The Morgan fingerprint density at radius 3 is 1.51 bits per heavy atom. The maximum absolute atomic E-state index is 6.89. The molecule has 7 aromatic rings. The lowest BCUT2D eigenvalue weighted by atomic mass is 10.1. The first kappa shape index (κ1) is 25.6. The second-order valence-electron chi connectivity index (χ2n) is 10.8. The number of nitrogens with one attached hydrogen (secondary N) is 3. The predicted octanol–water partition coefficient (Wildman–Crippen LogP) is 8.12. The molecule has 0 amide bonds. The van der Waals surface area contributed by atoms with E-state index in [1.165, 1.54) is 0 Å². The van der Waals surface area contributed by atoms with E-state index >= 15 is 0 Å². The van der Waals surface area contributed by atoms with E-state index in [9.17, 15) is 0 Å². The zero-order valence-corrected chi connectivity index (χ0v) is 24.4. The molecule has 0 saturated heterocycles. The lowest BCUT2D eigenvalue weighted by molar-refractivity contribution is 1.19. The summed E-state index contributed by atoms with van der Waals surface area (Å²) < 4.78 is 0. The summed E-state index contributed by atoms with van der Waals surface area (Å²) in [5.74, 6) is 2.15. The number of halogens is 1. The topological polar surface area (TPSA) is 121 Å². The van der Waals surface area contributed by atoms with E-state index in [0.29, 0.717) is 57.5 Å². The van der Waals surface area contributed by atoms with Crippen molar-refractivity contribution in [1.82, 2.24) is 39.9 Å². The molecule has 10 heteroatoms. The van der Waals surface area contributed by atoms with Crippen LogP contribution < -0.4 is 5.32 Å². The standard InChI is InChI=1S/C35H22ClN9/c1-2-17-37-25-16-15-24(36)26-27(25)35-44-33-23-14-8-6-12-21(23)31(42-33)40-29-19-10-4-3-9-18(19)28(38-29)39-30-20-11-5-7-13-22(20)32(41-30)43-34(26)45-35/h2-16,37H,1,17H2,(H2,38,39,40,41,42,43,44,45). The second kappa shape index (κ2) is 9.80. The maximum atomic E-state index is 6.89. The lowest BCUT2D eigenvalue weighted by Gasteiger charge is -2.06. The molecule has 214 valence electrons. The Morgan fingerprint density at radius 1 is 0.556 bits per heavy atom. The van der Waals surface area contributed by atoms with Crippen molar-refractivity contribution in [2.75, 3.05) is 11.9 Å². The van der Waals surface area contributed by atoms with Gasteiger partial charge in [0.1, 0.15) is 22.6 Å². The van der Waals surface area contributed by atoms with E-state index < -0.39 is 0 Å². The number of fused-ring (bicyclic) bond motifs is 20. The number of hydrogen-bond donors (Lipinski definition) is 3. The summed E-state index contributed by atoms with van der Waals surface area (Å²) in [6, 6.07) is 27.7. The number of aromatic amines is 2. The van der Waals surface area contributed by atoms with Gasteiger partial charge in [-0.3, -0.25) is 0 Å². The first-order valence-electron chi connectivity index (χ1n) is 14.4. The van der Waals surface area contributed by atoms with Crippen LogP contribution in [0.4, 0.5) is 5.69 Å². The van der Waals surface area contributed by atoms with Gasteiger partial charge in [0.05, 0.1) is 10.4 Å². The fraction of sp³-hybridized carbons (Fsp3) is 0.0286. The van der Waals surface area contributed by atoms with E-state index in [1.54, 1.807) is 6.08 Å². The normalized spacial score (nSPS) is 11.8. The van der Waals surface area contributed by atoms with Gasteiger partial charge in [0.2, 0.25) is 0 Å². The van der Waals surface area contributed by atoms with Crippen molar-refractivity contribution in [3.8, 4) is 45.6 Å². The average Bonchev–Trinajstić information content (AvgIpc) is 3.80. The number of H-pyrrole nitrogens is 2. The molecule has 3 aromatic heterocycles. The van der Waals surface area contributed by atoms with Gasteiger partial charge in [0.25, 0.3) is 0 Å². The number of benzene rings is 4. The highest BCUT2D eigenvalue weighted by molar-refractivity contribution is 6.38. The molecule has 9 rings (SSSR count). The van der Waals surface area contributed by atoms with Crippen molar-refractivity contribution < 1.29 is 0 Å². The third kappa shape index (κ3) is 3.94. The summed E-state index contributed by atoms with van der Waals surface area (Å²) in [6.07, 6.45) is 1.80. The Morgan fingerprint density at radius 2 is 1.00 bits per heavy atom. The summed E-state index contributed by atoms with van der Waals surface area (Å²) in [6.45, 7) is 4.42. The van der Waals surface area contributed by atoms with Crippen LogP contribution in [0.3, 0.4) is 0 Å². The fourth-order valence-electron chi connectivity index (χ4n) is 6.06. The Balaban J connectivity index is 1.50. The SMILES string of the molecule is C=CCNc1ccc(Cl)c2c3nc4nc(nc5[nH]c(nc6nc(nc([nH]3)c12)-c1ccccc1-6)c1ccccc51)-c1ccccc1-4. The summed E-state index contributed by atoms with van der Waals surface area (Å²) in [7, 11) is 0. The van der Waals surface area contributed by atoms with E-state index in [2.05, 4.69) is 21.9 Å². The number of nitrogens with zero attached hydrogens (tertiary/aromatic N) is 6. The van der Waals surface area contributed by atoms with Crippen LogP contribution in [0.2, 0.25) is 5.02 Å². The van der Waals surface area contributed by atoms with Crippen LogP contribution in [-0.4, -0.2) is 46.4 Å². The lowest BCUT2D eigenvalue weighted by Crippen LogP contribution is -1.98. The van der Waals surface area contributed by atoms with Gasteiger partial charge in [-0.15, -0.1) is 6.58 Å². The molecule has 0 atom stereocenters. The molecule has 2 aliphatic rings. The van der Waals surface area contributed by atoms with Crippen molar-refractivity contribution >= 4 is 61.4 Å². The Labute approximate surface area is 260 Å². The minimum absolute atomic E-state index is 0.520. The van der Waals surface area contributed by atoms with Crippen molar-refractivity contribution in [2.45, 2.75) is 0 Å². The van der Waals surface area contributed by atoms with Crippen molar-refractivity contribution in [1.29, 1.82) is 0 Å². The first-order chi connectivity index (χ1) is 22.2. The quantitative estimate of drug-likeness (QED) is 0.174. The van der Waals surface area contributed by atoms with Gasteiger partial charge in [-0.05, 0) is 12.1 Å². The van der Waals surface area contributed by atoms with Crippen molar-refractivity contribution in [2.24, 2.45) is 0 Å². The minimum Gasteiger partial charge on any atom is -0.381 e. The molecule has 9 nitrogen and oxygen atoms in total. The molecular formula is C35H22ClN9. The first-order valence-corrected chi connectivity index (χ1v) is 14.8. The summed E-state index contributed by atoms with van der Waals surface area (Å²) in [5, 5.41) is 7.33. The minimum atomic E-state index is 0.520. The zero-order chi connectivity index (χ0) is 30.1. The van der Waals surface area contributed by atoms with E-state index in [1.807, 2.05) is 84.9 Å². The Hall–Kier alpha value is -5.93. The van der Waals surface area contributed by atoms with E-state index in [-0.39, 0.29) is 0 Å². The van der Waals surface area contributed by atoms with Crippen LogP contribution in [0.15, 0.2) is 97.6 Å². The monoisotopic (exact) mass is 603 g/mol. The third-order valence-corrected chi connectivity index (χ3v) is 8.40. The molecule has 8 bridgehead atoms. The molecule has 45 heavy (non-hydrogen) atoms. The zero-order valence-electron chi connectivity index (χ0n) is 23.6. The summed E-state index contributed by atoms with van der Waals surface area (Å²) in [5.41, 5.74) is 6.75. The van der Waals surface area contributed by atoms with Crippen LogP contribution in [0.5, 0.6) is 0 Å². The molecule has 0 saturated carbocycles. The number of aromatic nitrogens is 8. The van der Waals surface area contributed by atoms with Gasteiger partial charge in [-0.2, -0.15) is 0 Å². The maximum Gasteiger partial charge on any atom is 0.164 e. The summed E-state index contributed by atoms with van der Waals surface area (Å²) in [4.78, 5) is 37.0. The van der Waals surface area contributed by atoms with Gasteiger partial charge in [0.15, 0.2) is 23.3 Å². The van der Waals surface area contributed by atoms with E-state index in [0.717, 1.165) is 49.5 Å². The van der Waals surface area contributed by atoms with Crippen LogP contribution in [-0.2, 0) is 0 Å². The van der Waals surface area contributed by atoms with Gasteiger partial charge in [-0.25, -0.2) is 29.9 Å². The molecule has 2 aliphatic heterocycles. The second-order valence-corrected chi connectivity index (χ2v) is 11.2. The van der Waals surface area contributed by atoms with Crippen molar-refractivity contribution in [3.63, 3.8) is 0 Å². The Kier molecular flexibility index (Phi) is 5.56. The van der Waals surface area contributed by atoms with Gasteiger partial charge >= 0.3 is 0 Å². The highest BCUT2D eigenvalue weighted by Crippen LogP contribution is 2.39. The molecular weight excluding hydrogens is 582 g/mol. The largest absolute Gasteiger partial charge is 0.381 e.